The van der Waals surface area contributed by atoms with E-state index in [1.54, 1.807) is 24.4 Å². The van der Waals surface area contributed by atoms with Crippen LogP contribution >= 0.6 is 11.6 Å². The highest BCUT2D eigenvalue weighted by Crippen LogP contribution is 2.29. The van der Waals surface area contributed by atoms with Gasteiger partial charge in [0.25, 0.3) is 5.91 Å². The second kappa shape index (κ2) is 7.59. The standard InChI is InChI=1S/C17H19ClN4O2/c18-14-10-20-6-3-12(14)16-13(17(19)23)1-2-15(22-16)21-9-11-4-7-24-8-5-11/h1-3,6,10-11H,4-5,7-9H2,(H2,19,23)(H,21,22). The van der Waals surface area contributed by atoms with E-state index in [1.165, 1.54) is 6.20 Å². The first-order chi connectivity index (χ1) is 11.6. The van der Waals surface area contributed by atoms with E-state index in [-0.39, 0.29) is 0 Å². The Labute approximate surface area is 145 Å². The van der Waals surface area contributed by atoms with Crippen LogP contribution in [0.3, 0.4) is 0 Å². The summed E-state index contributed by atoms with van der Waals surface area (Å²) < 4.78 is 5.37. The zero-order chi connectivity index (χ0) is 16.9. The Hall–Kier alpha value is -2.18. The topological polar surface area (TPSA) is 90.1 Å². The molecule has 3 N–H and O–H groups in total. The van der Waals surface area contributed by atoms with Crippen LogP contribution in [0.4, 0.5) is 5.82 Å². The van der Waals surface area contributed by atoms with Crippen LogP contribution in [0.1, 0.15) is 23.2 Å². The van der Waals surface area contributed by atoms with Crippen LogP contribution in [0.25, 0.3) is 11.3 Å². The third-order valence-electron chi connectivity index (χ3n) is 4.10. The summed E-state index contributed by atoms with van der Waals surface area (Å²) in [6.07, 6.45) is 5.20. The molecule has 0 radical (unpaired) electrons. The van der Waals surface area contributed by atoms with Gasteiger partial charge in [-0.05, 0) is 37.0 Å². The summed E-state index contributed by atoms with van der Waals surface area (Å²) in [4.78, 5) is 20.2. The van der Waals surface area contributed by atoms with Crippen molar-refractivity contribution in [2.24, 2.45) is 11.7 Å². The van der Waals surface area contributed by atoms with Crippen molar-refractivity contribution < 1.29 is 9.53 Å². The van der Waals surface area contributed by atoms with Crippen LogP contribution in [0.5, 0.6) is 0 Å². The fourth-order valence-corrected chi connectivity index (χ4v) is 2.94. The highest BCUT2D eigenvalue weighted by Gasteiger charge is 2.17. The minimum atomic E-state index is -0.540. The number of amides is 1. The predicted molar refractivity (Wildman–Crippen MR) is 93.0 cm³/mol. The maximum atomic E-state index is 11.7. The fourth-order valence-electron chi connectivity index (χ4n) is 2.73. The van der Waals surface area contributed by atoms with Gasteiger partial charge in [0.1, 0.15) is 5.82 Å². The number of nitrogens with zero attached hydrogens (tertiary/aromatic N) is 2. The van der Waals surface area contributed by atoms with E-state index in [9.17, 15) is 4.79 Å². The van der Waals surface area contributed by atoms with Gasteiger partial charge >= 0.3 is 0 Å². The maximum absolute atomic E-state index is 11.7. The zero-order valence-electron chi connectivity index (χ0n) is 13.2. The van der Waals surface area contributed by atoms with Crippen LogP contribution in [-0.2, 0) is 4.74 Å². The van der Waals surface area contributed by atoms with Gasteiger partial charge in [-0.3, -0.25) is 9.78 Å². The number of nitrogens with two attached hydrogens (primary N) is 1. The molecule has 0 unspecified atom stereocenters. The third kappa shape index (κ3) is 3.83. The number of nitrogens with one attached hydrogen (secondary N) is 1. The molecule has 3 rings (SSSR count). The Balaban J connectivity index is 1.85. The lowest BCUT2D eigenvalue weighted by atomic mass is 10.0. The molecular formula is C17H19ClN4O2. The summed E-state index contributed by atoms with van der Waals surface area (Å²) in [5.41, 5.74) is 6.90. The number of carbonyl (C=O) groups excluding carboxylic acids is 1. The van der Waals surface area contributed by atoms with Crippen molar-refractivity contribution in [3.05, 3.63) is 41.2 Å². The number of pyridine rings is 2. The molecule has 6 nitrogen and oxygen atoms in total. The molecule has 126 valence electrons. The van der Waals surface area contributed by atoms with Gasteiger partial charge in [0.2, 0.25) is 0 Å². The van der Waals surface area contributed by atoms with Gasteiger partial charge in [-0.15, -0.1) is 0 Å². The van der Waals surface area contributed by atoms with Gasteiger partial charge in [-0.2, -0.15) is 0 Å². The molecule has 1 fully saturated rings. The van der Waals surface area contributed by atoms with Crippen molar-refractivity contribution in [3.63, 3.8) is 0 Å². The molecule has 2 aromatic heterocycles. The number of ether oxygens (including phenoxy) is 1. The van der Waals surface area contributed by atoms with E-state index in [1.807, 2.05) is 0 Å². The van der Waals surface area contributed by atoms with E-state index >= 15 is 0 Å². The number of hydrogen-bond acceptors (Lipinski definition) is 5. The van der Waals surface area contributed by atoms with Crippen molar-refractivity contribution >= 4 is 23.3 Å². The Morgan fingerprint density at radius 2 is 2.12 bits per heavy atom. The van der Waals surface area contributed by atoms with Gasteiger partial charge in [-0.25, -0.2) is 4.98 Å². The number of primary amides is 1. The van der Waals surface area contributed by atoms with Crippen molar-refractivity contribution in [3.8, 4) is 11.3 Å². The monoisotopic (exact) mass is 346 g/mol. The zero-order valence-corrected chi connectivity index (χ0v) is 13.9. The predicted octanol–water partition coefficient (Wildman–Crippen LogP) is 2.73. The van der Waals surface area contributed by atoms with Crippen molar-refractivity contribution in [1.29, 1.82) is 0 Å². The lowest BCUT2D eigenvalue weighted by Gasteiger charge is -2.22. The molecule has 7 heteroatoms. The molecule has 0 aliphatic carbocycles. The Morgan fingerprint density at radius 1 is 1.33 bits per heavy atom. The van der Waals surface area contributed by atoms with E-state index in [2.05, 4.69) is 15.3 Å². The van der Waals surface area contributed by atoms with Crippen LogP contribution in [-0.4, -0.2) is 35.6 Å². The number of hydrogen-bond donors (Lipinski definition) is 2. The molecular weight excluding hydrogens is 328 g/mol. The molecule has 1 aliphatic heterocycles. The molecule has 24 heavy (non-hydrogen) atoms. The number of aromatic nitrogens is 2. The van der Waals surface area contributed by atoms with Gasteiger partial charge in [0.15, 0.2) is 0 Å². The number of rotatable bonds is 5. The summed E-state index contributed by atoms with van der Waals surface area (Å²) in [5.74, 6) is 0.708. The SMILES string of the molecule is NC(=O)c1ccc(NCC2CCOCC2)nc1-c1ccncc1Cl. The molecule has 0 atom stereocenters. The van der Waals surface area contributed by atoms with Gasteiger partial charge in [0.05, 0.1) is 16.3 Å². The lowest BCUT2D eigenvalue weighted by molar-refractivity contribution is 0.0699. The molecule has 0 bridgehead atoms. The van der Waals surface area contributed by atoms with Crippen LogP contribution < -0.4 is 11.1 Å². The third-order valence-corrected chi connectivity index (χ3v) is 4.40. The van der Waals surface area contributed by atoms with Crippen LogP contribution in [0, 0.1) is 5.92 Å². The molecule has 1 aliphatic rings. The quantitative estimate of drug-likeness (QED) is 0.868. The van der Waals surface area contributed by atoms with Gasteiger partial charge in [0, 0.05) is 37.7 Å². The first-order valence-corrected chi connectivity index (χ1v) is 8.25. The maximum Gasteiger partial charge on any atom is 0.250 e. The Bertz CT molecular complexity index is 732. The minimum Gasteiger partial charge on any atom is -0.381 e. The molecule has 0 spiro atoms. The molecule has 2 aromatic rings. The summed E-state index contributed by atoms with van der Waals surface area (Å²) in [6, 6.07) is 5.16. The number of halogens is 1. The molecule has 1 amide bonds. The number of anilines is 1. The average molecular weight is 347 g/mol. The summed E-state index contributed by atoms with van der Waals surface area (Å²) in [5, 5.41) is 3.76. The highest BCUT2D eigenvalue weighted by atomic mass is 35.5. The van der Waals surface area contributed by atoms with Crippen LogP contribution in [0.15, 0.2) is 30.6 Å². The Morgan fingerprint density at radius 3 is 2.83 bits per heavy atom. The Kier molecular flexibility index (Phi) is 5.27. The molecule has 3 heterocycles. The van der Waals surface area contributed by atoms with Crippen molar-refractivity contribution in [2.75, 3.05) is 25.1 Å². The number of carbonyl (C=O) groups is 1. The molecule has 0 saturated carbocycles. The van der Waals surface area contributed by atoms with Gasteiger partial charge < -0.3 is 15.8 Å². The first-order valence-electron chi connectivity index (χ1n) is 7.87. The summed E-state index contributed by atoms with van der Waals surface area (Å²) in [7, 11) is 0. The van der Waals surface area contributed by atoms with E-state index in [0.717, 1.165) is 32.6 Å². The largest absolute Gasteiger partial charge is 0.381 e. The van der Waals surface area contributed by atoms with E-state index in [4.69, 9.17) is 22.1 Å². The second-order valence-corrected chi connectivity index (χ2v) is 6.16. The summed E-state index contributed by atoms with van der Waals surface area (Å²) >= 11 is 6.20. The smallest absolute Gasteiger partial charge is 0.250 e. The van der Waals surface area contributed by atoms with E-state index in [0.29, 0.717) is 33.6 Å². The lowest BCUT2D eigenvalue weighted by Crippen LogP contribution is -2.23. The second-order valence-electron chi connectivity index (χ2n) is 5.75. The highest BCUT2D eigenvalue weighted by molar-refractivity contribution is 6.33. The minimum absolute atomic E-state index is 0.333. The summed E-state index contributed by atoms with van der Waals surface area (Å²) in [6.45, 7) is 2.42. The van der Waals surface area contributed by atoms with E-state index < -0.39 is 5.91 Å². The fraction of sp³-hybridized carbons (Fsp3) is 0.353. The average Bonchev–Trinajstić information content (AvgIpc) is 2.61. The normalized spacial score (nSPS) is 15.2. The molecule has 1 saturated heterocycles. The molecule has 0 aromatic carbocycles. The van der Waals surface area contributed by atoms with Crippen molar-refractivity contribution in [2.45, 2.75) is 12.8 Å². The van der Waals surface area contributed by atoms with Crippen LogP contribution in [0.2, 0.25) is 5.02 Å². The first kappa shape index (κ1) is 16.7. The van der Waals surface area contributed by atoms with Gasteiger partial charge in [-0.1, -0.05) is 11.6 Å². The van der Waals surface area contributed by atoms with Crippen molar-refractivity contribution in [1.82, 2.24) is 9.97 Å².